The van der Waals surface area contributed by atoms with Gasteiger partial charge in [0.2, 0.25) is 0 Å². The summed E-state index contributed by atoms with van der Waals surface area (Å²) in [6.45, 7) is 0.399. The molecule has 0 unspecified atom stereocenters. The van der Waals surface area contributed by atoms with Gasteiger partial charge in [-0.05, 0) is 29.8 Å². The maximum atomic E-state index is 13.3. The molecule has 5 aromatic rings. The minimum atomic E-state index is -0.233. The molecule has 0 atom stereocenters. The highest BCUT2D eigenvalue weighted by Gasteiger charge is 2.15. The number of para-hydroxylation sites is 1. The number of aromatic nitrogens is 4. The van der Waals surface area contributed by atoms with E-state index in [0.717, 1.165) is 22.0 Å². The highest BCUT2D eigenvalue weighted by Crippen LogP contribution is 2.22. The Labute approximate surface area is 165 Å². The smallest absolute Gasteiger partial charge is 0.287 e. The van der Waals surface area contributed by atoms with Crippen LogP contribution in [-0.2, 0) is 6.54 Å². The van der Waals surface area contributed by atoms with Crippen molar-refractivity contribution in [2.75, 3.05) is 0 Å². The molecule has 2 heterocycles. The first-order valence-electron chi connectivity index (χ1n) is 8.89. The van der Waals surface area contributed by atoms with Crippen LogP contribution in [0.2, 0.25) is 5.02 Å². The van der Waals surface area contributed by atoms with Gasteiger partial charge in [0.1, 0.15) is 0 Å². The zero-order valence-corrected chi connectivity index (χ0v) is 15.5. The Balaban J connectivity index is 1.78. The summed E-state index contributed by atoms with van der Waals surface area (Å²) in [7, 11) is 0. The first kappa shape index (κ1) is 16.7. The van der Waals surface area contributed by atoms with Gasteiger partial charge in [-0.15, -0.1) is 5.10 Å². The Morgan fingerprint density at radius 3 is 2.50 bits per heavy atom. The van der Waals surface area contributed by atoms with E-state index in [4.69, 9.17) is 11.6 Å². The van der Waals surface area contributed by atoms with Crippen molar-refractivity contribution >= 4 is 28.2 Å². The van der Waals surface area contributed by atoms with E-state index in [9.17, 15) is 4.79 Å². The van der Waals surface area contributed by atoms with Crippen LogP contribution in [0.5, 0.6) is 0 Å². The number of hydrogen-bond acceptors (Lipinski definition) is 3. The molecule has 0 saturated heterocycles. The van der Waals surface area contributed by atoms with Crippen molar-refractivity contribution in [2.45, 2.75) is 6.54 Å². The monoisotopic (exact) mass is 386 g/mol. The van der Waals surface area contributed by atoms with Gasteiger partial charge in [0, 0.05) is 16.0 Å². The van der Waals surface area contributed by atoms with Gasteiger partial charge >= 0.3 is 5.69 Å². The molecule has 0 N–H and O–H groups in total. The number of hydrogen-bond donors (Lipinski definition) is 0. The highest BCUT2D eigenvalue weighted by molar-refractivity contribution is 6.30. The van der Waals surface area contributed by atoms with Crippen LogP contribution in [0.4, 0.5) is 0 Å². The lowest BCUT2D eigenvalue weighted by atomic mass is 10.2. The molecule has 0 fully saturated rings. The Kier molecular flexibility index (Phi) is 3.95. The number of fused-ring (bicyclic) bond motifs is 3. The zero-order valence-electron chi connectivity index (χ0n) is 14.8. The second kappa shape index (κ2) is 6.62. The van der Waals surface area contributed by atoms with Crippen molar-refractivity contribution in [3.05, 3.63) is 99.9 Å². The predicted octanol–water partition coefficient (Wildman–Crippen LogP) is 4.41. The van der Waals surface area contributed by atoms with Crippen molar-refractivity contribution in [2.24, 2.45) is 0 Å². The SMILES string of the molecule is O=c1n(Cc2cccc(Cl)c2)c2ccccc2c2nc(-c3ccccc3)nn12. The molecule has 0 aliphatic heterocycles. The summed E-state index contributed by atoms with van der Waals surface area (Å²) >= 11 is 6.12. The van der Waals surface area contributed by atoms with Crippen LogP contribution < -0.4 is 5.69 Å². The van der Waals surface area contributed by atoms with E-state index < -0.39 is 0 Å². The number of halogens is 1. The van der Waals surface area contributed by atoms with Crippen LogP contribution in [0, 0.1) is 0 Å². The van der Waals surface area contributed by atoms with E-state index in [1.807, 2.05) is 78.9 Å². The van der Waals surface area contributed by atoms with E-state index in [1.165, 1.54) is 4.52 Å². The molecule has 0 aliphatic carbocycles. The molecule has 0 spiro atoms. The van der Waals surface area contributed by atoms with Crippen LogP contribution in [-0.4, -0.2) is 19.2 Å². The van der Waals surface area contributed by atoms with Crippen molar-refractivity contribution in [3.8, 4) is 11.4 Å². The lowest BCUT2D eigenvalue weighted by molar-refractivity contribution is 0.716. The van der Waals surface area contributed by atoms with Crippen LogP contribution in [0.25, 0.3) is 27.9 Å². The fourth-order valence-corrected chi connectivity index (χ4v) is 3.63. The molecular weight excluding hydrogens is 372 g/mol. The Bertz CT molecular complexity index is 1370. The lowest BCUT2D eigenvalue weighted by Gasteiger charge is -2.11. The van der Waals surface area contributed by atoms with Crippen LogP contribution in [0.3, 0.4) is 0 Å². The summed E-state index contributed by atoms with van der Waals surface area (Å²) in [5.41, 5.74) is 2.95. The molecule has 0 amide bonds. The quantitative estimate of drug-likeness (QED) is 0.461. The Morgan fingerprint density at radius 1 is 0.893 bits per heavy atom. The highest BCUT2D eigenvalue weighted by atomic mass is 35.5. The summed E-state index contributed by atoms with van der Waals surface area (Å²) in [5.74, 6) is 0.531. The average Bonchev–Trinajstić information content (AvgIpc) is 3.18. The van der Waals surface area contributed by atoms with E-state index >= 15 is 0 Å². The first-order valence-corrected chi connectivity index (χ1v) is 9.27. The van der Waals surface area contributed by atoms with Gasteiger partial charge in [0.25, 0.3) is 0 Å². The third-order valence-corrected chi connectivity index (χ3v) is 4.95. The second-order valence-corrected chi connectivity index (χ2v) is 6.99. The maximum Gasteiger partial charge on any atom is 0.351 e. The predicted molar refractivity (Wildman–Crippen MR) is 111 cm³/mol. The van der Waals surface area contributed by atoms with E-state index in [2.05, 4.69) is 10.1 Å². The molecule has 5 nitrogen and oxygen atoms in total. The molecule has 2 aromatic heterocycles. The van der Waals surface area contributed by atoms with Crippen LogP contribution >= 0.6 is 11.6 Å². The summed E-state index contributed by atoms with van der Waals surface area (Å²) in [6, 6.07) is 24.9. The fraction of sp³-hybridized carbons (Fsp3) is 0.0455. The van der Waals surface area contributed by atoms with Gasteiger partial charge in [-0.2, -0.15) is 4.52 Å². The topological polar surface area (TPSA) is 52.2 Å². The van der Waals surface area contributed by atoms with Crippen LogP contribution in [0.1, 0.15) is 5.56 Å². The third-order valence-electron chi connectivity index (χ3n) is 4.72. The third kappa shape index (κ3) is 2.77. The molecule has 28 heavy (non-hydrogen) atoms. The zero-order chi connectivity index (χ0) is 19.1. The summed E-state index contributed by atoms with van der Waals surface area (Å²) < 4.78 is 3.09. The van der Waals surface area contributed by atoms with Gasteiger partial charge in [-0.25, -0.2) is 9.78 Å². The number of rotatable bonds is 3. The van der Waals surface area contributed by atoms with E-state index in [-0.39, 0.29) is 5.69 Å². The van der Waals surface area contributed by atoms with Gasteiger partial charge in [-0.1, -0.05) is 66.2 Å². The Morgan fingerprint density at radius 2 is 1.68 bits per heavy atom. The van der Waals surface area contributed by atoms with Crippen molar-refractivity contribution in [3.63, 3.8) is 0 Å². The molecule has 0 saturated carbocycles. The van der Waals surface area contributed by atoms with Crippen molar-refractivity contribution in [1.82, 2.24) is 19.2 Å². The summed E-state index contributed by atoms with van der Waals surface area (Å²) in [5, 5.41) is 6.01. The molecule has 6 heteroatoms. The summed E-state index contributed by atoms with van der Waals surface area (Å²) in [6.07, 6.45) is 0. The Hall–Kier alpha value is -3.44. The van der Waals surface area contributed by atoms with Gasteiger partial charge in [0.15, 0.2) is 11.5 Å². The first-order chi connectivity index (χ1) is 13.7. The molecular formula is C22H15ClN4O. The summed E-state index contributed by atoms with van der Waals surface area (Å²) in [4.78, 5) is 17.9. The largest absolute Gasteiger partial charge is 0.351 e. The van der Waals surface area contributed by atoms with E-state index in [0.29, 0.717) is 23.0 Å². The molecule has 5 rings (SSSR count). The van der Waals surface area contributed by atoms with Crippen molar-refractivity contribution < 1.29 is 0 Å². The minimum absolute atomic E-state index is 0.233. The van der Waals surface area contributed by atoms with E-state index in [1.54, 1.807) is 4.57 Å². The standard InChI is InChI=1S/C22H15ClN4O/c23-17-10-6-7-15(13-17)14-26-19-12-5-4-11-18(19)21-24-20(25-27(21)22(26)28)16-8-2-1-3-9-16/h1-13H,14H2. The maximum absolute atomic E-state index is 13.3. The normalized spacial score (nSPS) is 11.3. The fourth-order valence-electron chi connectivity index (χ4n) is 3.42. The van der Waals surface area contributed by atoms with Crippen molar-refractivity contribution in [1.29, 1.82) is 0 Å². The molecule has 0 radical (unpaired) electrons. The number of benzene rings is 3. The molecule has 136 valence electrons. The molecule has 3 aromatic carbocycles. The molecule has 0 bridgehead atoms. The molecule has 0 aliphatic rings. The van der Waals surface area contributed by atoms with Crippen LogP contribution in [0.15, 0.2) is 83.7 Å². The minimum Gasteiger partial charge on any atom is -0.287 e. The number of nitrogens with zero attached hydrogens (tertiary/aromatic N) is 4. The van der Waals surface area contributed by atoms with Gasteiger partial charge in [-0.3, -0.25) is 4.57 Å². The van der Waals surface area contributed by atoms with Gasteiger partial charge in [0.05, 0.1) is 12.1 Å². The average molecular weight is 387 g/mol. The van der Waals surface area contributed by atoms with Gasteiger partial charge < -0.3 is 0 Å². The second-order valence-electron chi connectivity index (χ2n) is 6.55. The lowest BCUT2D eigenvalue weighted by Crippen LogP contribution is -2.28.